The van der Waals surface area contributed by atoms with Crippen molar-refractivity contribution < 1.29 is 23.1 Å². The maximum atomic E-state index is 14.9. The summed E-state index contributed by atoms with van der Waals surface area (Å²) in [4.78, 5) is 32.9. The molecule has 0 spiro atoms. The molecule has 2 bridgehead atoms. The highest BCUT2D eigenvalue weighted by molar-refractivity contribution is 6.05. The first-order valence-corrected chi connectivity index (χ1v) is 11.3. The van der Waals surface area contributed by atoms with E-state index >= 15 is 0 Å². The molecule has 3 saturated heterocycles. The number of halogens is 2. The number of aryl methyl sites for hydroxylation is 1. The van der Waals surface area contributed by atoms with Crippen molar-refractivity contribution in [3.05, 3.63) is 36.0 Å². The molecule has 5 fully saturated rings. The first kappa shape index (κ1) is 20.0. The fourth-order valence-corrected chi connectivity index (χ4v) is 6.23. The van der Waals surface area contributed by atoms with E-state index in [1.165, 1.54) is 4.90 Å². The highest BCUT2D eigenvalue weighted by Crippen LogP contribution is 2.55. The molecule has 8 heteroatoms. The first-order chi connectivity index (χ1) is 15.4. The Balaban J connectivity index is 1.35. The predicted octanol–water partition coefficient (Wildman–Crippen LogP) is 3.39. The molecular formula is C24H25F2N3O3. The van der Waals surface area contributed by atoms with Crippen LogP contribution < -0.4 is 5.32 Å². The Morgan fingerprint density at radius 1 is 1.19 bits per heavy atom. The van der Waals surface area contributed by atoms with E-state index in [0.29, 0.717) is 30.8 Å². The van der Waals surface area contributed by atoms with Gasteiger partial charge in [0.2, 0.25) is 11.8 Å². The summed E-state index contributed by atoms with van der Waals surface area (Å²) in [5.41, 5.74) is 2.09. The number of ether oxygens (including phenoxy) is 1. The topological polar surface area (TPSA) is 71.5 Å². The minimum atomic E-state index is -2.96. The minimum absolute atomic E-state index is 0.148. The molecule has 0 radical (unpaired) electrons. The van der Waals surface area contributed by atoms with Crippen LogP contribution in [-0.4, -0.2) is 52.9 Å². The maximum absolute atomic E-state index is 14.9. The highest BCUT2D eigenvalue weighted by Gasteiger charge is 2.65. The molecule has 7 rings (SSSR count). The lowest BCUT2D eigenvalue weighted by molar-refractivity contribution is -0.193. The molecule has 2 unspecified atom stereocenters. The van der Waals surface area contributed by atoms with Gasteiger partial charge < -0.3 is 15.0 Å². The molecule has 1 aromatic heterocycles. The van der Waals surface area contributed by atoms with Gasteiger partial charge in [-0.3, -0.25) is 14.6 Å². The molecule has 2 aliphatic carbocycles. The lowest BCUT2D eigenvalue weighted by Crippen LogP contribution is -2.68. The van der Waals surface area contributed by atoms with Gasteiger partial charge in [-0.2, -0.15) is 0 Å². The van der Waals surface area contributed by atoms with E-state index in [1.54, 1.807) is 12.3 Å². The number of rotatable bonds is 3. The van der Waals surface area contributed by atoms with Crippen molar-refractivity contribution in [2.45, 2.75) is 44.2 Å². The van der Waals surface area contributed by atoms with Crippen LogP contribution in [0.15, 0.2) is 30.5 Å². The van der Waals surface area contributed by atoms with Crippen molar-refractivity contribution in [3.8, 4) is 0 Å². The third-order valence-electron chi connectivity index (χ3n) is 7.94. The van der Waals surface area contributed by atoms with Gasteiger partial charge in [0.25, 0.3) is 5.92 Å². The zero-order valence-corrected chi connectivity index (χ0v) is 17.8. The summed E-state index contributed by atoms with van der Waals surface area (Å²) < 4.78 is 35.2. The van der Waals surface area contributed by atoms with Gasteiger partial charge in [0.05, 0.1) is 30.3 Å². The summed E-state index contributed by atoms with van der Waals surface area (Å²) in [7, 11) is 0. The number of amides is 2. The molecule has 3 aliphatic heterocycles. The number of fused-ring (bicyclic) bond motifs is 5. The molecule has 5 aliphatic rings. The lowest BCUT2D eigenvalue weighted by Gasteiger charge is -2.53. The SMILES string of the molecule is Cc1ccc2ncccc2c1NC(=O)[C@H]1C2CCC(CC2(F)F)N1C(=O)C1[C@H]2COC[C@H]12. The molecule has 32 heavy (non-hydrogen) atoms. The maximum Gasteiger partial charge on any atom is 0.255 e. The van der Waals surface area contributed by atoms with E-state index < -0.39 is 29.8 Å². The first-order valence-electron chi connectivity index (χ1n) is 11.3. The quantitative estimate of drug-likeness (QED) is 0.793. The lowest BCUT2D eigenvalue weighted by atomic mass is 9.71. The van der Waals surface area contributed by atoms with Gasteiger partial charge in [0.1, 0.15) is 6.04 Å². The number of aromatic nitrogens is 1. The van der Waals surface area contributed by atoms with Crippen LogP contribution in [0.5, 0.6) is 0 Å². The number of carbonyl (C=O) groups is 2. The number of pyridine rings is 1. The van der Waals surface area contributed by atoms with E-state index in [-0.39, 0.29) is 36.5 Å². The van der Waals surface area contributed by atoms with Crippen LogP contribution in [0.1, 0.15) is 24.8 Å². The average Bonchev–Trinajstić information content (AvgIpc) is 3.25. The summed E-state index contributed by atoms with van der Waals surface area (Å²) in [6, 6.07) is 5.56. The molecule has 1 N–H and O–H groups in total. The molecular weight excluding hydrogens is 416 g/mol. The molecule has 2 saturated carbocycles. The number of hydrogen-bond acceptors (Lipinski definition) is 4. The fourth-order valence-electron chi connectivity index (χ4n) is 6.23. The van der Waals surface area contributed by atoms with E-state index in [9.17, 15) is 18.4 Å². The van der Waals surface area contributed by atoms with E-state index in [2.05, 4.69) is 10.3 Å². The van der Waals surface area contributed by atoms with Gasteiger partial charge in [0, 0.05) is 30.0 Å². The predicted molar refractivity (Wildman–Crippen MR) is 113 cm³/mol. The molecule has 2 amide bonds. The normalized spacial score (nSPS) is 34.4. The number of benzene rings is 1. The van der Waals surface area contributed by atoms with Crippen LogP contribution in [0.3, 0.4) is 0 Å². The molecule has 4 heterocycles. The van der Waals surface area contributed by atoms with Gasteiger partial charge in [0.15, 0.2) is 0 Å². The van der Waals surface area contributed by atoms with Gasteiger partial charge in [-0.05, 0) is 55.4 Å². The molecule has 1 aromatic carbocycles. The summed E-state index contributed by atoms with van der Waals surface area (Å²) in [6.45, 7) is 2.94. The standard InChI is InChI=1S/C24H25F2N3O3/c1-12-4-7-18-14(3-2-8-27-18)20(12)28-22(30)21-17-6-5-13(9-24(17,25)26)29(21)23(31)19-15-10-32-11-16(15)19/h2-4,7-8,13,15-17,19,21H,5-6,9-11H2,1H3,(H,28,30)/t13?,15-,16-,17?,21+/m0/s1. The molecule has 6 nitrogen and oxygen atoms in total. The summed E-state index contributed by atoms with van der Waals surface area (Å²) in [5.74, 6) is -4.68. The average molecular weight is 441 g/mol. The van der Waals surface area contributed by atoms with Crippen molar-refractivity contribution in [1.82, 2.24) is 9.88 Å². The summed E-state index contributed by atoms with van der Waals surface area (Å²) in [6.07, 6.45) is 2.07. The van der Waals surface area contributed by atoms with Gasteiger partial charge in [-0.1, -0.05) is 6.07 Å². The van der Waals surface area contributed by atoms with Crippen molar-refractivity contribution in [2.24, 2.45) is 23.7 Å². The second-order valence-electron chi connectivity index (χ2n) is 9.70. The van der Waals surface area contributed by atoms with Crippen molar-refractivity contribution in [2.75, 3.05) is 18.5 Å². The Labute approximate surface area is 184 Å². The monoisotopic (exact) mass is 441 g/mol. The second-order valence-corrected chi connectivity index (χ2v) is 9.70. The number of nitrogens with one attached hydrogen (secondary N) is 1. The van der Waals surface area contributed by atoms with Crippen LogP contribution in [0.2, 0.25) is 0 Å². The smallest absolute Gasteiger partial charge is 0.255 e. The minimum Gasteiger partial charge on any atom is -0.381 e. The van der Waals surface area contributed by atoms with Gasteiger partial charge in [-0.25, -0.2) is 8.78 Å². The third-order valence-corrected chi connectivity index (χ3v) is 7.94. The number of alkyl halides is 2. The highest BCUT2D eigenvalue weighted by atomic mass is 19.3. The molecule has 2 aromatic rings. The van der Waals surface area contributed by atoms with Crippen molar-refractivity contribution >= 4 is 28.4 Å². The van der Waals surface area contributed by atoms with Crippen LogP contribution in [0.4, 0.5) is 14.5 Å². The Bertz CT molecular complexity index is 1110. The Morgan fingerprint density at radius 2 is 1.97 bits per heavy atom. The Morgan fingerprint density at radius 3 is 2.72 bits per heavy atom. The van der Waals surface area contributed by atoms with Crippen LogP contribution in [0, 0.1) is 30.6 Å². The van der Waals surface area contributed by atoms with Crippen molar-refractivity contribution in [3.63, 3.8) is 0 Å². The summed E-state index contributed by atoms with van der Waals surface area (Å²) in [5, 5.41) is 3.66. The molecule has 168 valence electrons. The van der Waals surface area contributed by atoms with Crippen LogP contribution in [-0.2, 0) is 14.3 Å². The fraction of sp³-hybridized carbons (Fsp3) is 0.542. The Hall–Kier alpha value is -2.61. The third kappa shape index (κ3) is 2.88. The number of hydrogen-bond donors (Lipinski definition) is 1. The van der Waals surface area contributed by atoms with Crippen molar-refractivity contribution in [1.29, 1.82) is 0 Å². The number of piperidine rings is 2. The van der Waals surface area contributed by atoms with E-state index in [0.717, 1.165) is 10.9 Å². The number of carbonyl (C=O) groups excluding carboxylic acids is 2. The van der Waals surface area contributed by atoms with Gasteiger partial charge >= 0.3 is 0 Å². The van der Waals surface area contributed by atoms with E-state index in [1.807, 2.05) is 25.1 Å². The largest absolute Gasteiger partial charge is 0.381 e. The van der Waals surface area contributed by atoms with E-state index in [4.69, 9.17) is 4.74 Å². The second kappa shape index (κ2) is 6.94. The number of nitrogens with zero attached hydrogens (tertiary/aromatic N) is 2. The van der Waals surface area contributed by atoms with Gasteiger partial charge in [-0.15, -0.1) is 0 Å². The zero-order chi connectivity index (χ0) is 22.2. The zero-order valence-electron chi connectivity index (χ0n) is 17.8. The molecule has 5 atom stereocenters. The number of anilines is 1. The Kier molecular flexibility index (Phi) is 4.35. The van der Waals surface area contributed by atoms with Crippen LogP contribution in [0.25, 0.3) is 10.9 Å². The summed E-state index contributed by atoms with van der Waals surface area (Å²) >= 11 is 0. The van der Waals surface area contributed by atoms with Crippen LogP contribution >= 0.6 is 0 Å².